The third kappa shape index (κ3) is 3.48. The highest BCUT2D eigenvalue weighted by atomic mass is 32.2. The van der Waals surface area contributed by atoms with E-state index in [1.54, 1.807) is 6.08 Å². The molecule has 0 radical (unpaired) electrons. The van der Waals surface area contributed by atoms with Crippen molar-refractivity contribution in [3.8, 4) is 11.5 Å². The van der Waals surface area contributed by atoms with Crippen molar-refractivity contribution in [3.63, 3.8) is 0 Å². The van der Waals surface area contributed by atoms with Crippen LogP contribution in [0.1, 0.15) is 17.8 Å². The highest BCUT2D eigenvalue weighted by Crippen LogP contribution is 2.36. The summed E-state index contributed by atoms with van der Waals surface area (Å²) in [6.07, 6.45) is 1.41. The number of thioether (sulfide) groups is 1. The maximum atomic E-state index is 12.2. The first-order chi connectivity index (χ1) is 14.7. The van der Waals surface area contributed by atoms with Crippen LogP contribution in [-0.4, -0.2) is 31.3 Å². The summed E-state index contributed by atoms with van der Waals surface area (Å²) in [5, 5.41) is 11.2. The third-order valence-electron chi connectivity index (χ3n) is 4.56. The zero-order valence-corrected chi connectivity index (χ0v) is 17.4. The van der Waals surface area contributed by atoms with Gasteiger partial charge in [-0.05, 0) is 23.6 Å². The van der Waals surface area contributed by atoms with Crippen molar-refractivity contribution in [3.05, 3.63) is 70.4 Å². The fourth-order valence-electron chi connectivity index (χ4n) is 3.22. The van der Waals surface area contributed by atoms with Gasteiger partial charge in [0.2, 0.25) is 0 Å². The van der Waals surface area contributed by atoms with E-state index >= 15 is 0 Å². The van der Waals surface area contributed by atoms with Crippen molar-refractivity contribution < 1.29 is 9.47 Å². The smallest absolute Gasteiger partial charge is 0.268 e. The lowest BCUT2D eigenvalue weighted by atomic mass is 10.2. The summed E-state index contributed by atoms with van der Waals surface area (Å²) >= 11 is 2.83. The van der Waals surface area contributed by atoms with E-state index in [4.69, 9.17) is 9.47 Å². The number of allylic oxidation sites excluding steroid dienone is 1. The van der Waals surface area contributed by atoms with Gasteiger partial charge in [0.15, 0.2) is 28.6 Å². The second-order valence-electron chi connectivity index (χ2n) is 6.54. The van der Waals surface area contributed by atoms with Gasteiger partial charge in [0.1, 0.15) is 17.1 Å². The van der Waals surface area contributed by atoms with Gasteiger partial charge < -0.3 is 14.5 Å². The average molecular weight is 440 g/mol. The van der Waals surface area contributed by atoms with E-state index in [0.29, 0.717) is 51.7 Å². The molecule has 0 fully saturated rings. The molecule has 0 bridgehead atoms. The van der Waals surface area contributed by atoms with Crippen LogP contribution in [0.25, 0.3) is 10.2 Å². The molecule has 0 amide bonds. The molecule has 4 aromatic rings. The van der Waals surface area contributed by atoms with Crippen LogP contribution < -0.4 is 15.0 Å². The molecule has 152 valence electrons. The molecular weight excluding hydrogens is 422 g/mol. The summed E-state index contributed by atoms with van der Waals surface area (Å²) in [5.41, 5.74) is 0.587. The number of para-hydroxylation sites is 2. The Bertz CT molecular complexity index is 1280. The first-order valence-electron chi connectivity index (χ1n) is 9.24. The summed E-state index contributed by atoms with van der Waals surface area (Å²) in [5.74, 6) is 3.12. The van der Waals surface area contributed by atoms with Gasteiger partial charge >= 0.3 is 0 Å². The number of nitrogens with one attached hydrogen (secondary N) is 1. The summed E-state index contributed by atoms with van der Waals surface area (Å²) < 4.78 is 14.5. The second kappa shape index (κ2) is 7.96. The Morgan fingerprint density at radius 3 is 3.03 bits per heavy atom. The fourth-order valence-corrected chi connectivity index (χ4v) is 4.77. The third-order valence-corrected chi connectivity index (χ3v) is 6.44. The van der Waals surface area contributed by atoms with E-state index in [2.05, 4.69) is 26.7 Å². The van der Waals surface area contributed by atoms with E-state index in [0.717, 1.165) is 5.75 Å². The van der Waals surface area contributed by atoms with E-state index < -0.39 is 0 Å². The highest BCUT2D eigenvalue weighted by Gasteiger charge is 2.28. The lowest BCUT2D eigenvalue weighted by molar-refractivity contribution is 0.0821. The molecular formula is C20H17N5O3S2. The van der Waals surface area contributed by atoms with Crippen LogP contribution in [0.3, 0.4) is 0 Å². The van der Waals surface area contributed by atoms with Crippen LogP contribution in [0.4, 0.5) is 0 Å². The molecule has 3 aromatic heterocycles. The Kier molecular flexibility index (Phi) is 5.01. The Labute approximate surface area is 179 Å². The topological polar surface area (TPSA) is 94.9 Å². The van der Waals surface area contributed by atoms with E-state index in [9.17, 15) is 4.79 Å². The van der Waals surface area contributed by atoms with Gasteiger partial charge in [0, 0.05) is 6.54 Å². The van der Waals surface area contributed by atoms with E-state index in [1.807, 2.05) is 40.3 Å². The number of thiophene rings is 1. The summed E-state index contributed by atoms with van der Waals surface area (Å²) in [6, 6.07) is 9.40. The molecule has 0 saturated heterocycles. The van der Waals surface area contributed by atoms with Crippen LogP contribution >= 0.6 is 23.1 Å². The SMILES string of the molecule is C=CCn1c(SCc2nc3ccsc3c(=O)[nH]2)nnc1C1COc2ccccc2O1. The second-order valence-corrected chi connectivity index (χ2v) is 8.40. The first kappa shape index (κ1) is 18.9. The molecule has 1 aliphatic heterocycles. The van der Waals surface area contributed by atoms with Gasteiger partial charge in [0.05, 0.1) is 11.3 Å². The van der Waals surface area contributed by atoms with Crippen LogP contribution in [0.15, 0.2) is 58.3 Å². The van der Waals surface area contributed by atoms with Crippen molar-refractivity contribution >= 4 is 33.3 Å². The number of ether oxygens (including phenoxy) is 2. The maximum Gasteiger partial charge on any atom is 0.268 e. The quantitative estimate of drug-likeness (QED) is 0.362. The number of aromatic nitrogens is 5. The van der Waals surface area contributed by atoms with Gasteiger partial charge in [-0.1, -0.05) is 30.0 Å². The van der Waals surface area contributed by atoms with Crippen molar-refractivity contribution in [2.24, 2.45) is 0 Å². The molecule has 4 heterocycles. The molecule has 1 aliphatic rings. The van der Waals surface area contributed by atoms with Gasteiger partial charge in [0.25, 0.3) is 5.56 Å². The molecule has 10 heteroatoms. The number of aromatic amines is 1. The molecule has 0 aliphatic carbocycles. The molecule has 1 atom stereocenters. The monoisotopic (exact) mass is 439 g/mol. The summed E-state index contributed by atoms with van der Waals surface area (Å²) in [4.78, 5) is 19.5. The molecule has 0 saturated carbocycles. The normalized spacial score (nSPS) is 15.4. The predicted molar refractivity (Wildman–Crippen MR) is 115 cm³/mol. The summed E-state index contributed by atoms with van der Waals surface area (Å²) in [6.45, 7) is 4.72. The lowest BCUT2D eigenvalue weighted by Gasteiger charge is -2.26. The van der Waals surface area contributed by atoms with Crippen LogP contribution in [0, 0.1) is 0 Å². The number of H-pyrrole nitrogens is 1. The van der Waals surface area contributed by atoms with E-state index in [-0.39, 0.29) is 11.7 Å². The fraction of sp³-hybridized carbons (Fsp3) is 0.200. The molecule has 5 rings (SSSR count). The molecule has 1 unspecified atom stereocenters. The van der Waals surface area contributed by atoms with Crippen molar-refractivity contribution in [2.75, 3.05) is 6.61 Å². The van der Waals surface area contributed by atoms with Gasteiger partial charge in [-0.25, -0.2) is 4.98 Å². The number of benzene rings is 1. The van der Waals surface area contributed by atoms with Crippen LogP contribution in [0.2, 0.25) is 0 Å². The first-order valence-corrected chi connectivity index (χ1v) is 11.1. The van der Waals surface area contributed by atoms with Crippen molar-refractivity contribution in [1.29, 1.82) is 0 Å². The number of fused-ring (bicyclic) bond motifs is 2. The van der Waals surface area contributed by atoms with Gasteiger partial charge in [-0.15, -0.1) is 28.1 Å². The summed E-state index contributed by atoms with van der Waals surface area (Å²) in [7, 11) is 0. The minimum Gasteiger partial charge on any atom is -0.485 e. The van der Waals surface area contributed by atoms with E-state index in [1.165, 1.54) is 23.1 Å². The largest absolute Gasteiger partial charge is 0.485 e. The molecule has 1 aromatic carbocycles. The average Bonchev–Trinajstić information content (AvgIpc) is 3.40. The Hall–Kier alpha value is -3.11. The molecule has 0 spiro atoms. The zero-order valence-electron chi connectivity index (χ0n) is 15.8. The molecule has 1 N–H and O–H groups in total. The lowest BCUT2D eigenvalue weighted by Crippen LogP contribution is -2.25. The van der Waals surface area contributed by atoms with Crippen molar-refractivity contribution in [1.82, 2.24) is 24.7 Å². The minimum absolute atomic E-state index is 0.120. The van der Waals surface area contributed by atoms with Crippen LogP contribution in [-0.2, 0) is 12.3 Å². The van der Waals surface area contributed by atoms with Crippen molar-refractivity contribution in [2.45, 2.75) is 23.6 Å². The molecule has 8 nitrogen and oxygen atoms in total. The van der Waals surface area contributed by atoms with Crippen LogP contribution in [0.5, 0.6) is 11.5 Å². The Morgan fingerprint density at radius 1 is 1.30 bits per heavy atom. The Balaban J connectivity index is 1.39. The number of hydrogen-bond donors (Lipinski definition) is 1. The number of nitrogens with zero attached hydrogens (tertiary/aromatic N) is 4. The predicted octanol–water partition coefficient (Wildman–Crippen LogP) is 3.57. The standard InChI is InChI=1S/C20H17N5O3S2/c1-2-8-25-18(15-10-27-13-5-3-4-6-14(13)28-15)23-24-20(25)30-11-16-21-12-7-9-29-17(12)19(26)22-16/h2-7,9,15H,1,8,10-11H2,(H,21,22,26). The number of rotatable bonds is 6. The number of hydrogen-bond acceptors (Lipinski definition) is 8. The van der Waals surface area contributed by atoms with Gasteiger partial charge in [-0.3, -0.25) is 9.36 Å². The Morgan fingerprint density at radius 2 is 2.17 bits per heavy atom. The highest BCUT2D eigenvalue weighted by molar-refractivity contribution is 7.98. The van der Waals surface area contributed by atoms with Gasteiger partial charge in [-0.2, -0.15) is 0 Å². The maximum absolute atomic E-state index is 12.2. The zero-order chi connectivity index (χ0) is 20.5. The minimum atomic E-state index is -0.373. The molecule has 30 heavy (non-hydrogen) atoms.